The number of rotatable bonds is 7. The van der Waals surface area contributed by atoms with Gasteiger partial charge in [-0.2, -0.15) is 12.6 Å². The minimum Gasteiger partial charge on any atom is -0.369 e. The molecule has 0 aliphatic carbocycles. The van der Waals surface area contributed by atoms with Crippen molar-refractivity contribution in [1.82, 2.24) is 4.90 Å². The van der Waals surface area contributed by atoms with Gasteiger partial charge in [-0.25, -0.2) is 0 Å². The summed E-state index contributed by atoms with van der Waals surface area (Å²) >= 11 is 4.32. The molecule has 0 aromatic heterocycles. The Morgan fingerprint density at radius 3 is 2.42 bits per heavy atom. The van der Waals surface area contributed by atoms with Crippen LogP contribution in [0.1, 0.15) is 12.5 Å². The van der Waals surface area contributed by atoms with Gasteiger partial charge in [0.15, 0.2) is 0 Å². The fourth-order valence-electron chi connectivity index (χ4n) is 2.82. The molecule has 4 heteroatoms. The largest absolute Gasteiger partial charge is 0.369 e. The van der Waals surface area contributed by atoms with E-state index in [1.807, 2.05) is 12.4 Å². The van der Waals surface area contributed by atoms with Crippen LogP contribution in [0, 0.1) is 0 Å². The Balaban J connectivity index is 1.92. The fraction of sp³-hybridized carbons (Fsp3) is 0.400. The number of hydrogen-bond donors (Lipinski definition) is 2. The van der Waals surface area contributed by atoms with E-state index in [-0.39, 0.29) is 0 Å². The molecule has 1 aromatic carbocycles. The first-order valence-electron chi connectivity index (χ1n) is 8.75. The van der Waals surface area contributed by atoms with Crippen molar-refractivity contribution in [3.8, 4) is 0 Å². The van der Waals surface area contributed by atoms with Gasteiger partial charge >= 0.3 is 0 Å². The molecule has 0 bridgehead atoms. The Kier molecular flexibility index (Phi) is 8.16. The normalized spacial score (nSPS) is 17.3. The van der Waals surface area contributed by atoms with Crippen LogP contribution in [-0.2, 0) is 0 Å². The molecular weight excluding hydrogens is 314 g/mol. The second kappa shape index (κ2) is 10.4. The Hall–Kier alpha value is -1.49. The van der Waals surface area contributed by atoms with Crippen molar-refractivity contribution in [2.75, 3.05) is 50.4 Å². The van der Waals surface area contributed by atoms with Gasteiger partial charge in [-0.3, -0.25) is 4.90 Å². The third-order valence-electron chi connectivity index (χ3n) is 4.33. The molecule has 0 saturated carbocycles. The lowest BCUT2D eigenvalue weighted by Crippen LogP contribution is -2.72. The van der Waals surface area contributed by atoms with E-state index in [2.05, 4.69) is 84.1 Å². The number of anilines is 1. The second-order valence-electron chi connectivity index (χ2n) is 5.96. The highest BCUT2D eigenvalue weighted by molar-refractivity contribution is 7.80. The quantitative estimate of drug-likeness (QED) is 0.586. The molecule has 0 spiro atoms. The van der Waals surface area contributed by atoms with Crippen molar-refractivity contribution >= 4 is 24.4 Å². The maximum atomic E-state index is 4.32. The van der Waals surface area contributed by atoms with Crippen molar-refractivity contribution in [3.05, 3.63) is 59.8 Å². The van der Waals surface area contributed by atoms with Crippen LogP contribution < -0.4 is 10.2 Å². The number of nitrogens with two attached hydrogens (primary N) is 1. The number of hydrogen-bond acceptors (Lipinski definition) is 3. The van der Waals surface area contributed by atoms with Gasteiger partial charge in [-0.1, -0.05) is 30.4 Å². The maximum Gasteiger partial charge on any atom is 0.0929 e. The molecule has 1 aromatic rings. The van der Waals surface area contributed by atoms with E-state index in [0.717, 1.165) is 38.5 Å². The molecule has 1 fully saturated rings. The van der Waals surface area contributed by atoms with Crippen molar-refractivity contribution in [1.29, 1.82) is 0 Å². The van der Waals surface area contributed by atoms with Crippen LogP contribution in [0.5, 0.6) is 0 Å². The zero-order valence-electron chi connectivity index (χ0n) is 14.9. The van der Waals surface area contributed by atoms with Crippen LogP contribution in [0.25, 0.3) is 6.08 Å². The number of thiol groups is 1. The Morgan fingerprint density at radius 1 is 1.12 bits per heavy atom. The Bertz CT molecular complexity index is 567. The van der Waals surface area contributed by atoms with E-state index in [4.69, 9.17) is 0 Å². The van der Waals surface area contributed by atoms with Crippen LogP contribution in [0.3, 0.4) is 0 Å². The monoisotopic (exact) mass is 344 g/mol. The van der Waals surface area contributed by atoms with E-state index in [1.54, 1.807) is 0 Å². The predicted octanol–water partition coefficient (Wildman–Crippen LogP) is 2.40. The fourth-order valence-corrected chi connectivity index (χ4v) is 3.10. The summed E-state index contributed by atoms with van der Waals surface area (Å²) in [4.78, 5) is 4.96. The lowest BCUT2D eigenvalue weighted by Gasteiger charge is -2.35. The number of benzene rings is 1. The zero-order chi connectivity index (χ0) is 17.2. The average molecular weight is 345 g/mol. The molecular formula is C20H30N3S+. The van der Waals surface area contributed by atoms with E-state index in [9.17, 15) is 0 Å². The van der Waals surface area contributed by atoms with E-state index >= 15 is 0 Å². The summed E-state index contributed by atoms with van der Waals surface area (Å²) in [6.45, 7) is 7.63. The maximum absolute atomic E-state index is 4.32. The van der Waals surface area contributed by atoms with Crippen LogP contribution in [-0.4, -0.2) is 50.4 Å². The lowest BCUT2D eigenvalue weighted by molar-refractivity contribution is -0.556. The average Bonchev–Trinajstić information content (AvgIpc) is 2.63. The summed E-state index contributed by atoms with van der Waals surface area (Å²) in [6.07, 6.45) is 10.6. The van der Waals surface area contributed by atoms with Gasteiger partial charge in [0.25, 0.3) is 0 Å². The standard InChI is InChI=1S/C20H29N3S/c1-3-18(10-11-21-2)4-5-19-6-8-20(9-7-19)23-14-12-22(13-15-23)16-17-24/h3-11,21,24H,12-17H2,1-2H3/p+1/b5-4+,11-10-,18-3-. The van der Waals surface area contributed by atoms with E-state index < -0.39 is 0 Å². The molecule has 1 heterocycles. The van der Waals surface area contributed by atoms with Gasteiger partial charge in [-0.15, -0.1) is 0 Å². The smallest absolute Gasteiger partial charge is 0.0929 e. The van der Waals surface area contributed by atoms with Crippen molar-refractivity contribution in [2.24, 2.45) is 0 Å². The summed E-state index contributed by atoms with van der Waals surface area (Å²) in [5.41, 5.74) is 3.78. The molecule has 2 rings (SSSR count). The molecule has 0 unspecified atom stereocenters. The van der Waals surface area contributed by atoms with Crippen LogP contribution in [0.4, 0.5) is 5.69 Å². The van der Waals surface area contributed by atoms with Crippen LogP contribution in [0.2, 0.25) is 0 Å². The summed E-state index contributed by atoms with van der Waals surface area (Å²) in [5.74, 6) is 0.945. The zero-order valence-corrected chi connectivity index (χ0v) is 15.8. The molecule has 1 saturated heterocycles. The summed E-state index contributed by atoms with van der Waals surface area (Å²) in [7, 11) is 2.03. The number of piperazine rings is 1. The van der Waals surface area contributed by atoms with Crippen LogP contribution in [0.15, 0.2) is 54.3 Å². The minimum atomic E-state index is 0.945. The molecule has 1 aliphatic heterocycles. The SMILES string of the molecule is C/C=C(\C=C/[NH2+]C)/C=C/c1ccc(N2CCN(CCS)CC2)cc1. The predicted molar refractivity (Wildman–Crippen MR) is 109 cm³/mol. The molecule has 0 amide bonds. The van der Waals surface area contributed by atoms with Crippen LogP contribution >= 0.6 is 12.6 Å². The Labute approximate surface area is 152 Å². The first-order chi connectivity index (χ1) is 11.8. The first-order valence-corrected chi connectivity index (χ1v) is 9.38. The molecule has 2 N–H and O–H groups in total. The molecule has 130 valence electrons. The van der Waals surface area contributed by atoms with Crippen molar-refractivity contribution < 1.29 is 5.32 Å². The van der Waals surface area contributed by atoms with E-state index in [0.29, 0.717) is 0 Å². The summed E-state index contributed by atoms with van der Waals surface area (Å²) in [6, 6.07) is 8.88. The van der Waals surface area contributed by atoms with Gasteiger partial charge in [0.05, 0.1) is 13.2 Å². The molecule has 24 heavy (non-hydrogen) atoms. The third kappa shape index (κ3) is 5.86. The first kappa shape index (κ1) is 18.8. The number of allylic oxidation sites excluding steroid dienone is 4. The second-order valence-corrected chi connectivity index (χ2v) is 6.41. The van der Waals surface area contributed by atoms with Gasteiger partial charge in [0, 0.05) is 44.2 Å². The van der Waals surface area contributed by atoms with Crippen molar-refractivity contribution in [2.45, 2.75) is 6.92 Å². The molecule has 3 nitrogen and oxygen atoms in total. The van der Waals surface area contributed by atoms with Crippen molar-refractivity contribution in [3.63, 3.8) is 0 Å². The van der Waals surface area contributed by atoms with Gasteiger partial charge in [0.2, 0.25) is 0 Å². The van der Waals surface area contributed by atoms with Gasteiger partial charge in [-0.05, 0) is 36.3 Å². The summed E-state index contributed by atoms with van der Waals surface area (Å²) in [5, 5.41) is 2.04. The van der Waals surface area contributed by atoms with E-state index in [1.165, 1.54) is 16.8 Å². The van der Waals surface area contributed by atoms with Gasteiger partial charge < -0.3 is 10.2 Å². The molecule has 0 atom stereocenters. The highest BCUT2D eigenvalue weighted by Crippen LogP contribution is 2.18. The number of quaternary nitrogens is 1. The number of nitrogens with zero attached hydrogens (tertiary/aromatic N) is 2. The highest BCUT2D eigenvalue weighted by Gasteiger charge is 2.16. The minimum absolute atomic E-state index is 0.945. The topological polar surface area (TPSA) is 23.1 Å². The Morgan fingerprint density at radius 2 is 1.83 bits per heavy atom. The third-order valence-corrected chi connectivity index (χ3v) is 4.53. The highest BCUT2D eigenvalue weighted by atomic mass is 32.1. The summed E-state index contributed by atoms with van der Waals surface area (Å²) < 4.78 is 0. The van der Waals surface area contributed by atoms with Gasteiger partial charge in [0.1, 0.15) is 0 Å². The molecule has 1 aliphatic rings. The molecule has 0 radical (unpaired) electrons. The lowest BCUT2D eigenvalue weighted by atomic mass is 10.1.